The van der Waals surface area contributed by atoms with E-state index in [-0.39, 0.29) is 0 Å². The van der Waals surface area contributed by atoms with Gasteiger partial charge in [-0.3, -0.25) is 0 Å². The molecule has 10 heavy (non-hydrogen) atoms. The Morgan fingerprint density at radius 3 is 2.90 bits per heavy atom. The zero-order valence-corrected chi connectivity index (χ0v) is 6.89. The van der Waals surface area contributed by atoms with Crippen molar-refractivity contribution in [2.75, 3.05) is 0 Å². The van der Waals surface area contributed by atoms with Gasteiger partial charge in [0.15, 0.2) is 0 Å². The van der Waals surface area contributed by atoms with Crippen molar-refractivity contribution >= 4 is 0 Å². The molecule has 3 atom stereocenters. The standard InChI is InChI=1S/C9H16O/c1-3-7-4-5-8-9(2,6-7)10-8/h7-8H,3-6H2,1-2H3. The molecule has 1 nitrogen and oxygen atoms in total. The minimum atomic E-state index is 0.318. The Morgan fingerprint density at radius 1 is 1.50 bits per heavy atom. The highest BCUT2D eigenvalue weighted by Gasteiger charge is 2.54. The fourth-order valence-electron chi connectivity index (χ4n) is 2.25. The van der Waals surface area contributed by atoms with E-state index in [2.05, 4.69) is 13.8 Å². The summed E-state index contributed by atoms with van der Waals surface area (Å²) in [5, 5.41) is 0. The monoisotopic (exact) mass is 140 g/mol. The molecule has 2 aliphatic rings. The topological polar surface area (TPSA) is 12.5 Å². The first-order valence-corrected chi connectivity index (χ1v) is 4.42. The minimum absolute atomic E-state index is 0.318. The van der Waals surface area contributed by atoms with Crippen molar-refractivity contribution in [3.8, 4) is 0 Å². The largest absolute Gasteiger partial charge is 0.366 e. The van der Waals surface area contributed by atoms with Crippen LogP contribution in [-0.2, 0) is 4.74 Å². The van der Waals surface area contributed by atoms with Crippen LogP contribution in [0.5, 0.6) is 0 Å². The first-order chi connectivity index (χ1) is 4.74. The molecule has 0 aromatic carbocycles. The van der Waals surface area contributed by atoms with Gasteiger partial charge in [0.25, 0.3) is 0 Å². The highest BCUT2D eigenvalue weighted by atomic mass is 16.6. The number of hydrogen-bond acceptors (Lipinski definition) is 1. The average Bonchev–Trinajstić information content (AvgIpc) is 2.58. The van der Waals surface area contributed by atoms with Gasteiger partial charge in [-0.15, -0.1) is 0 Å². The van der Waals surface area contributed by atoms with Crippen LogP contribution in [0.3, 0.4) is 0 Å². The molecule has 3 unspecified atom stereocenters. The second-order valence-electron chi connectivity index (χ2n) is 3.97. The number of fused-ring (bicyclic) bond motifs is 1. The molecular weight excluding hydrogens is 124 g/mol. The molecule has 1 aliphatic carbocycles. The van der Waals surface area contributed by atoms with Gasteiger partial charge in [0.1, 0.15) is 0 Å². The lowest BCUT2D eigenvalue weighted by Gasteiger charge is -2.21. The summed E-state index contributed by atoms with van der Waals surface area (Å²) < 4.78 is 5.60. The summed E-state index contributed by atoms with van der Waals surface area (Å²) in [6.45, 7) is 4.55. The molecule has 1 heterocycles. The molecule has 58 valence electrons. The van der Waals surface area contributed by atoms with E-state index in [1.165, 1.54) is 25.7 Å². The van der Waals surface area contributed by atoms with E-state index in [1.54, 1.807) is 0 Å². The van der Waals surface area contributed by atoms with Gasteiger partial charge in [0.05, 0.1) is 11.7 Å². The van der Waals surface area contributed by atoms with Gasteiger partial charge < -0.3 is 4.74 Å². The van der Waals surface area contributed by atoms with E-state index in [4.69, 9.17) is 4.74 Å². The van der Waals surface area contributed by atoms with Crippen LogP contribution in [-0.4, -0.2) is 11.7 Å². The fourth-order valence-corrected chi connectivity index (χ4v) is 2.25. The van der Waals surface area contributed by atoms with E-state index >= 15 is 0 Å². The molecule has 0 spiro atoms. The Balaban J connectivity index is 1.96. The highest BCUT2D eigenvalue weighted by Crippen LogP contribution is 2.49. The lowest BCUT2D eigenvalue weighted by atomic mass is 9.81. The summed E-state index contributed by atoms with van der Waals surface area (Å²) in [6, 6.07) is 0. The number of hydrogen-bond donors (Lipinski definition) is 0. The predicted octanol–water partition coefficient (Wildman–Crippen LogP) is 2.35. The van der Waals surface area contributed by atoms with Crippen molar-refractivity contribution in [3.63, 3.8) is 0 Å². The summed E-state index contributed by atoms with van der Waals surface area (Å²) in [6.07, 6.45) is 6.00. The second-order valence-corrected chi connectivity index (χ2v) is 3.97. The third-order valence-corrected chi connectivity index (χ3v) is 3.14. The lowest BCUT2D eigenvalue weighted by molar-refractivity contribution is 0.271. The average molecular weight is 140 g/mol. The van der Waals surface area contributed by atoms with Crippen molar-refractivity contribution in [2.45, 2.75) is 51.2 Å². The zero-order valence-electron chi connectivity index (χ0n) is 6.89. The second kappa shape index (κ2) is 1.97. The molecule has 0 N–H and O–H groups in total. The highest BCUT2D eigenvalue weighted by molar-refractivity contribution is 5.03. The maximum Gasteiger partial charge on any atom is 0.0923 e. The molecule has 2 rings (SSSR count). The summed E-state index contributed by atoms with van der Waals surface area (Å²) in [5.74, 6) is 0.948. The van der Waals surface area contributed by atoms with Crippen molar-refractivity contribution in [3.05, 3.63) is 0 Å². The van der Waals surface area contributed by atoms with E-state index in [9.17, 15) is 0 Å². The number of rotatable bonds is 1. The Labute approximate surface area is 62.8 Å². The van der Waals surface area contributed by atoms with E-state index < -0.39 is 0 Å². The lowest BCUT2D eigenvalue weighted by Crippen LogP contribution is -2.21. The first kappa shape index (κ1) is 6.66. The quantitative estimate of drug-likeness (QED) is 0.509. The normalized spacial score (nSPS) is 52.2. The number of epoxide rings is 1. The molecule has 0 bridgehead atoms. The maximum atomic E-state index is 5.60. The molecule has 0 aromatic rings. The molecule has 0 radical (unpaired) electrons. The van der Waals surface area contributed by atoms with Crippen molar-refractivity contribution in [2.24, 2.45) is 5.92 Å². The fraction of sp³-hybridized carbons (Fsp3) is 1.00. The van der Waals surface area contributed by atoms with Gasteiger partial charge in [0.2, 0.25) is 0 Å². The molecule has 0 amide bonds. The summed E-state index contributed by atoms with van der Waals surface area (Å²) in [4.78, 5) is 0. The van der Waals surface area contributed by atoms with Crippen molar-refractivity contribution in [1.82, 2.24) is 0 Å². The van der Waals surface area contributed by atoms with Gasteiger partial charge in [-0.1, -0.05) is 13.3 Å². The van der Waals surface area contributed by atoms with Crippen LogP contribution in [0, 0.1) is 5.92 Å². The van der Waals surface area contributed by atoms with Crippen LogP contribution in [0.15, 0.2) is 0 Å². The van der Waals surface area contributed by atoms with Crippen LogP contribution in [0.4, 0.5) is 0 Å². The third kappa shape index (κ3) is 0.878. The minimum Gasteiger partial charge on any atom is -0.366 e. The molecule has 1 saturated heterocycles. The molecule has 2 fully saturated rings. The summed E-state index contributed by atoms with van der Waals surface area (Å²) >= 11 is 0. The smallest absolute Gasteiger partial charge is 0.0923 e. The van der Waals surface area contributed by atoms with E-state index in [1.807, 2.05) is 0 Å². The van der Waals surface area contributed by atoms with Gasteiger partial charge in [-0.2, -0.15) is 0 Å². The zero-order chi connectivity index (χ0) is 7.19. The van der Waals surface area contributed by atoms with E-state index in [0.717, 1.165) is 5.92 Å². The molecular formula is C9H16O. The van der Waals surface area contributed by atoms with Crippen LogP contribution < -0.4 is 0 Å². The Kier molecular flexibility index (Phi) is 1.31. The van der Waals surface area contributed by atoms with Crippen LogP contribution >= 0.6 is 0 Å². The Bertz CT molecular complexity index is 144. The van der Waals surface area contributed by atoms with Gasteiger partial charge in [-0.05, 0) is 32.1 Å². The molecule has 0 aromatic heterocycles. The van der Waals surface area contributed by atoms with Gasteiger partial charge in [-0.25, -0.2) is 0 Å². The molecule has 1 heteroatoms. The summed E-state index contributed by atoms with van der Waals surface area (Å²) in [5.41, 5.74) is 0.318. The van der Waals surface area contributed by atoms with Crippen LogP contribution in [0.2, 0.25) is 0 Å². The Morgan fingerprint density at radius 2 is 2.30 bits per heavy atom. The summed E-state index contributed by atoms with van der Waals surface area (Å²) in [7, 11) is 0. The van der Waals surface area contributed by atoms with Gasteiger partial charge >= 0.3 is 0 Å². The van der Waals surface area contributed by atoms with Crippen molar-refractivity contribution in [1.29, 1.82) is 0 Å². The van der Waals surface area contributed by atoms with Crippen LogP contribution in [0.25, 0.3) is 0 Å². The van der Waals surface area contributed by atoms with Gasteiger partial charge in [0, 0.05) is 0 Å². The third-order valence-electron chi connectivity index (χ3n) is 3.14. The predicted molar refractivity (Wildman–Crippen MR) is 40.9 cm³/mol. The van der Waals surface area contributed by atoms with E-state index in [0.29, 0.717) is 11.7 Å². The SMILES string of the molecule is CCC1CCC2OC2(C)C1. The molecule has 1 saturated carbocycles. The van der Waals surface area contributed by atoms with Crippen molar-refractivity contribution < 1.29 is 4.74 Å². The first-order valence-electron chi connectivity index (χ1n) is 4.42. The Hall–Kier alpha value is -0.0400. The maximum absolute atomic E-state index is 5.60. The molecule has 1 aliphatic heterocycles. The van der Waals surface area contributed by atoms with Crippen LogP contribution in [0.1, 0.15) is 39.5 Å². The number of ether oxygens (including phenoxy) is 1.